The van der Waals surface area contributed by atoms with Crippen LogP contribution >= 0.6 is 0 Å². The van der Waals surface area contributed by atoms with E-state index >= 15 is 0 Å². The van der Waals surface area contributed by atoms with Gasteiger partial charge in [-0.3, -0.25) is 9.52 Å². The summed E-state index contributed by atoms with van der Waals surface area (Å²) in [5, 5.41) is -0.492. The largest absolute Gasteiger partial charge is 0.312 e. The third kappa shape index (κ3) is 3.37. The molecule has 116 valence electrons. The Morgan fingerprint density at radius 2 is 2.05 bits per heavy atom. The van der Waals surface area contributed by atoms with Crippen LogP contribution in [0.5, 0.6) is 0 Å². The van der Waals surface area contributed by atoms with Crippen molar-refractivity contribution in [3.8, 4) is 0 Å². The third-order valence-electron chi connectivity index (χ3n) is 3.63. The van der Waals surface area contributed by atoms with Crippen LogP contribution in [-0.4, -0.2) is 26.1 Å². The van der Waals surface area contributed by atoms with Gasteiger partial charge < -0.3 is 4.90 Å². The molecule has 1 amide bonds. The van der Waals surface area contributed by atoms with E-state index in [0.29, 0.717) is 12.1 Å². The van der Waals surface area contributed by atoms with Crippen molar-refractivity contribution >= 4 is 27.3 Å². The van der Waals surface area contributed by atoms with Crippen molar-refractivity contribution in [2.45, 2.75) is 45.3 Å². The monoisotopic (exact) mass is 310 g/mol. The number of amides is 1. The normalized spacial score (nSPS) is 14.7. The van der Waals surface area contributed by atoms with Gasteiger partial charge in [-0.1, -0.05) is 13.3 Å². The summed E-state index contributed by atoms with van der Waals surface area (Å²) in [6.07, 6.45) is 2.34. The SMILES string of the molecule is CCCCN1C(=O)Cc2cc(NS(=O)(=O)C(C)C)ccc21. The Morgan fingerprint density at radius 3 is 2.67 bits per heavy atom. The van der Waals surface area contributed by atoms with Crippen molar-refractivity contribution in [2.24, 2.45) is 0 Å². The number of fused-ring (bicyclic) bond motifs is 1. The molecule has 0 atom stereocenters. The number of carbonyl (C=O) groups is 1. The molecule has 0 saturated carbocycles. The Bertz CT molecular complexity index is 638. The van der Waals surface area contributed by atoms with Gasteiger partial charge in [-0.25, -0.2) is 8.42 Å². The van der Waals surface area contributed by atoms with E-state index in [0.717, 1.165) is 30.6 Å². The van der Waals surface area contributed by atoms with Crippen molar-refractivity contribution in [3.05, 3.63) is 23.8 Å². The maximum absolute atomic E-state index is 12.0. The Hall–Kier alpha value is -1.56. The van der Waals surface area contributed by atoms with Crippen LogP contribution < -0.4 is 9.62 Å². The summed E-state index contributed by atoms with van der Waals surface area (Å²) in [5.74, 6) is 0.0855. The smallest absolute Gasteiger partial charge is 0.235 e. The second kappa shape index (κ2) is 6.05. The van der Waals surface area contributed by atoms with Crippen molar-refractivity contribution in [1.29, 1.82) is 0 Å². The van der Waals surface area contributed by atoms with Gasteiger partial charge in [-0.2, -0.15) is 0 Å². The topological polar surface area (TPSA) is 66.5 Å². The van der Waals surface area contributed by atoms with Crippen LogP contribution in [0.1, 0.15) is 39.2 Å². The average Bonchev–Trinajstić information content (AvgIpc) is 2.70. The average molecular weight is 310 g/mol. The molecule has 0 unspecified atom stereocenters. The molecule has 1 N–H and O–H groups in total. The van der Waals surface area contributed by atoms with E-state index < -0.39 is 15.3 Å². The number of unbranched alkanes of at least 4 members (excludes halogenated alkanes) is 1. The summed E-state index contributed by atoms with van der Waals surface area (Å²) in [7, 11) is -3.36. The highest BCUT2D eigenvalue weighted by atomic mass is 32.2. The highest BCUT2D eigenvalue weighted by Gasteiger charge is 2.27. The summed E-state index contributed by atoms with van der Waals surface area (Å²) in [5.41, 5.74) is 2.31. The molecule has 1 aromatic rings. The van der Waals surface area contributed by atoms with E-state index in [4.69, 9.17) is 0 Å². The summed E-state index contributed by atoms with van der Waals surface area (Å²) < 4.78 is 26.3. The van der Waals surface area contributed by atoms with E-state index in [2.05, 4.69) is 11.6 Å². The number of anilines is 2. The summed E-state index contributed by atoms with van der Waals surface area (Å²) >= 11 is 0. The number of hydrogen-bond acceptors (Lipinski definition) is 3. The second-order valence-electron chi connectivity index (χ2n) is 5.62. The number of carbonyl (C=O) groups excluding carboxylic acids is 1. The predicted molar refractivity (Wildman–Crippen MR) is 85.1 cm³/mol. The van der Waals surface area contributed by atoms with Gasteiger partial charge in [0.25, 0.3) is 0 Å². The van der Waals surface area contributed by atoms with Gasteiger partial charge in [0.05, 0.1) is 11.7 Å². The number of nitrogens with zero attached hydrogens (tertiary/aromatic N) is 1. The zero-order valence-corrected chi connectivity index (χ0v) is 13.5. The molecule has 1 heterocycles. The van der Waals surface area contributed by atoms with Crippen molar-refractivity contribution in [1.82, 2.24) is 0 Å². The molecule has 0 fully saturated rings. The lowest BCUT2D eigenvalue weighted by Gasteiger charge is -2.17. The van der Waals surface area contributed by atoms with Gasteiger partial charge in [0.1, 0.15) is 0 Å². The van der Waals surface area contributed by atoms with E-state index in [-0.39, 0.29) is 5.91 Å². The molecule has 1 aliphatic heterocycles. The van der Waals surface area contributed by atoms with Crippen LogP contribution in [0, 0.1) is 0 Å². The lowest BCUT2D eigenvalue weighted by atomic mass is 10.1. The fraction of sp³-hybridized carbons (Fsp3) is 0.533. The van der Waals surface area contributed by atoms with Gasteiger partial charge in [0.15, 0.2) is 0 Å². The minimum Gasteiger partial charge on any atom is -0.312 e. The summed E-state index contributed by atoms with van der Waals surface area (Å²) in [6.45, 7) is 6.07. The molecule has 2 rings (SSSR count). The summed E-state index contributed by atoms with van der Waals surface area (Å²) in [6, 6.07) is 5.31. The number of benzene rings is 1. The predicted octanol–water partition coefficient (Wildman–Crippen LogP) is 2.53. The standard InChI is InChI=1S/C15H22N2O3S/c1-4-5-8-17-14-7-6-13(9-12(14)10-15(17)18)16-21(19,20)11(2)3/h6-7,9,11,16H,4-5,8,10H2,1-3H3. The van der Waals surface area contributed by atoms with Gasteiger partial charge in [-0.15, -0.1) is 0 Å². The molecule has 0 saturated heterocycles. The zero-order valence-electron chi connectivity index (χ0n) is 12.7. The lowest BCUT2D eigenvalue weighted by Crippen LogP contribution is -2.27. The molecule has 21 heavy (non-hydrogen) atoms. The van der Waals surface area contributed by atoms with E-state index in [9.17, 15) is 13.2 Å². The third-order valence-corrected chi connectivity index (χ3v) is 5.39. The Labute approximate surface area is 126 Å². The number of hydrogen-bond donors (Lipinski definition) is 1. The first kappa shape index (κ1) is 15.8. The fourth-order valence-corrected chi connectivity index (χ4v) is 2.98. The minimum absolute atomic E-state index is 0.0855. The van der Waals surface area contributed by atoms with E-state index in [1.165, 1.54) is 0 Å². The van der Waals surface area contributed by atoms with Crippen LogP contribution in [0.4, 0.5) is 11.4 Å². The Morgan fingerprint density at radius 1 is 1.33 bits per heavy atom. The maximum Gasteiger partial charge on any atom is 0.235 e. The molecule has 0 bridgehead atoms. The van der Waals surface area contributed by atoms with Gasteiger partial charge >= 0.3 is 0 Å². The number of nitrogens with one attached hydrogen (secondary N) is 1. The molecule has 0 aliphatic carbocycles. The fourth-order valence-electron chi connectivity index (χ4n) is 2.29. The van der Waals surface area contributed by atoms with Crippen LogP contribution in [0.3, 0.4) is 0 Å². The molecule has 6 heteroatoms. The molecule has 1 aliphatic rings. The molecule has 0 aromatic heterocycles. The van der Waals surface area contributed by atoms with Crippen LogP contribution in [0.2, 0.25) is 0 Å². The van der Waals surface area contributed by atoms with Crippen LogP contribution in [0.15, 0.2) is 18.2 Å². The zero-order chi connectivity index (χ0) is 15.6. The van der Waals surface area contributed by atoms with E-state index in [1.54, 1.807) is 30.9 Å². The maximum atomic E-state index is 12.0. The van der Waals surface area contributed by atoms with Crippen molar-refractivity contribution < 1.29 is 13.2 Å². The highest BCUT2D eigenvalue weighted by molar-refractivity contribution is 7.93. The van der Waals surface area contributed by atoms with Gasteiger partial charge in [-0.05, 0) is 44.0 Å². The minimum atomic E-state index is -3.36. The number of sulfonamides is 1. The van der Waals surface area contributed by atoms with Gasteiger partial charge in [0, 0.05) is 17.9 Å². The first-order valence-corrected chi connectivity index (χ1v) is 8.84. The van der Waals surface area contributed by atoms with Crippen LogP contribution in [0.25, 0.3) is 0 Å². The molecule has 0 spiro atoms. The molecular formula is C15H22N2O3S. The lowest BCUT2D eigenvalue weighted by molar-refractivity contribution is -0.117. The number of rotatable bonds is 6. The molecule has 0 radical (unpaired) electrons. The molecule has 1 aromatic carbocycles. The van der Waals surface area contributed by atoms with Crippen molar-refractivity contribution in [3.63, 3.8) is 0 Å². The quantitative estimate of drug-likeness (QED) is 0.878. The summed E-state index contributed by atoms with van der Waals surface area (Å²) in [4.78, 5) is 13.8. The highest BCUT2D eigenvalue weighted by Crippen LogP contribution is 2.31. The Balaban J connectivity index is 2.22. The first-order valence-electron chi connectivity index (χ1n) is 7.30. The van der Waals surface area contributed by atoms with E-state index in [1.807, 2.05) is 6.07 Å². The van der Waals surface area contributed by atoms with Gasteiger partial charge in [0.2, 0.25) is 15.9 Å². The second-order valence-corrected chi connectivity index (χ2v) is 7.85. The molecule has 5 nitrogen and oxygen atoms in total. The Kier molecular flexibility index (Phi) is 4.56. The first-order chi connectivity index (χ1) is 9.85. The van der Waals surface area contributed by atoms with Crippen LogP contribution in [-0.2, 0) is 21.2 Å². The molecular weight excluding hydrogens is 288 g/mol. The van der Waals surface area contributed by atoms with Crippen molar-refractivity contribution in [2.75, 3.05) is 16.2 Å².